The minimum Gasteiger partial charge on any atom is -0.493 e. The van der Waals surface area contributed by atoms with Crippen molar-refractivity contribution < 1.29 is 28.6 Å². The van der Waals surface area contributed by atoms with E-state index < -0.39 is 17.8 Å². The molecule has 0 saturated heterocycles. The van der Waals surface area contributed by atoms with E-state index in [1.165, 1.54) is 25.6 Å². The molecule has 0 radical (unpaired) electrons. The van der Waals surface area contributed by atoms with Gasteiger partial charge in [0, 0.05) is 10.4 Å². The molecular formula is C28H29N3O6S. The minimum absolute atomic E-state index is 0.320. The molecule has 0 atom stereocenters. The fourth-order valence-electron chi connectivity index (χ4n) is 4.13. The van der Waals surface area contributed by atoms with Crippen molar-refractivity contribution in [3.63, 3.8) is 0 Å². The zero-order chi connectivity index (χ0) is 27.1. The molecule has 9 nitrogen and oxygen atoms in total. The second kappa shape index (κ2) is 12.4. The van der Waals surface area contributed by atoms with Gasteiger partial charge in [-0.05, 0) is 61.9 Å². The van der Waals surface area contributed by atoms with Crippen LogP contribution < -0.4 is 20.2 Å². The predicted octanol–water partition coefficient (Wildman–Crippen LogP) is 4.48. The molecule has 3 aromatic rings. The lowest BCUT2D eigenvalue weighted by molar-refractivity contribution is -0.136. The predicted molar refractivity (Wildman–Crippen MR) is 145 cm³/mol. The van der Waals surface area contributed by atoms with Crippen molar-refractivity contribution in [3.05, 3.63) is 75.7 Å². The Labute approximate surface area is 224 Å². The van der Waals surface area contributed by atoms with Crippen LogP contribution in [0.1, 0.15) is 51.7 Å². The number of ether oxygens (including phenoxy) is 3. The van der Waals surface area contributed by atoms with Crippen molar-refractivity contribution >= 4 is 39.8 Å². The van der Waals surface area contributed by atoms with E-state index in [9.17, 15) is 14.4 Å². The van der Waals surface area contributed by atoms with Gasteiger partial charge in [0.15, 0.2) is 11.5 Å². The Bertz CT molecular complexity index is 1370. The molecule has 1 aliphatic rings. The lowest BCUT2D eigenvalue weighted by Crippen LogP contribution is -2.33. The van der Waals surface area contributed by atoms with Crippen molar-refractivity contribution in [1.82, 2.24) is 5.43 Å². The zero-order valence-corrected chi connectivity index (χ0v) is 22.3. The van der Waals surface area contributed by atoms with Crippen molar-refractivity contribution in [2.75, 3.05) is 19.5 Å². The molecule has 0 saturated carbocycles. The molecule has 198 valence electrons. The van der Waals surface area contributed by atoms with Gasteiger partial charge in [-0.3, -0.25) is 9.59 Å². The molecule has 1 aliphatic carbocycles. The fourth-order valence-corrected chi connectivity index (χ4v) is 5.40. The first-order chi connectivity index (χ1) is 18.4. The van der Waals surface area contributed by atoms with Gasteiger partial charge in [-0.15, -0.1) is 11.3 Å². The van der Waals surface area contributed by atoms with E-state index in [1.54, 1.807) is 25.1 Å². The molecule has 2 amide bonds. The van der Waals surface area contributed by atoms with Crippen LogP contribution in [-0.2, 0) is 33.8 Å². The van der Waals surface area contributed by atoms with Crippen LogP contribution in [0.3, 0.4) is 0 Å². The number of nitrogens with zero attached hydrogens (tertiary/aromatic N) is 1. The van der Waals surface area contributed by atoms with Gasteiger partial charge < -0.3 is 19.5 Å². The van der Waals surface area contributed by atoms with Gasteiger partial charge in [0.2, 0.25) is 0 Å². The highest BCUT2D eigenvalue weighted by Gasteiger charge is 2.28. The Morgan fingerprint density at radius 2 is 1.74 bits per heavy atom. The fraction of sp³-hybridized carbons (Fsp3) is 0.286. The molecule has 0 aliphatic heterocycles. The molecule has 2 N–H and O–H groups in total. The number of esters is 1. The highest BCUT2D eigenvalue weighted by atomic mass is 32.1. The highest BCUT2D eigenvalue weighted by Crippen LogP contribution is 2.38. The third kappa shape index (κ3) is 6.20. The topological polar surface area (TPSA) is 115 Å². The van der Waals surface area contributed by atoms with Crippen LogP contribution in [0, 0.1) is 0 Å². The summed E-state index contributed by atoms with van der Waals surface area (Å²) in [5.41, 5.74) is 5.66. The van der Waals surface area contributed by atoms with Crippen molar-refractivity contribution in [2.24, 2.45) is 5.10 Å². The largest absolute Gasteiger partial charge is 0.493 e. The third-order valence-corrected chi connectivity index (χ3v) is 7.35. The number of methoxy groups -OCH3 is 2. The van der Waals surface area contributed by atoms with Gasteiger partial charge in [0.05, 0.1) is 25.5 Å². The summed E-state index contributed by atoms with van der Waals surface area (Å²) in [5.74, 6) is -1.33. The summed E-state index contributed by atoms with van der Waals surface area (Å²) in [6.45, 7) is 2.08. The summed E-state index contributed by atoms with van der Waals surface area (Å²) in [6, 6.07) is 15.1. The minimum atomic E-state index is -0.957. The Balaban J connectivity index is 1.41. The van der Waals surface area contributed by atoms with E-state index in [4.69, 9.17) is 14.2 Å². The van der Waals surface area contributed by atoms with Crippen LogP contribution in [0.15, 0.2) is 53.6 Å². The SMILES string of the molecule is COC(=O)c1c(NC(=O)C(=O)NN=C(C)c2ccc(OCc3ccccc3)c(OC)c2)sc2c1CCCC2. The molecule has 0 fully saturated rings. The van der Waals surface area contributed by atoms with E-state index in [2.05, 4.69) is 15.8 Å². The number of rotatable bonds is 8. The van der Waals surface area contributed by atoms with Gasteiger partial charge in [0.25, 0.3) is 0 Å². The van der Waals surface area contributed by atoms with E-state index >= 15 is 0 Å². The summed E-state index contributed by atoms with van der Waals surface area (Å²) in [6.07, 6.45) is 3.54. The number of hydrogen-bond acceptors (Lipinski definition) is 8. The number of thiophene rings is 1. The van der Waals surface area contributed by atoms with Crippen LogP contribution >= 0.6 is 11.3 Å². The Kier molecular flexibility index (Phi) is 8.75. The lowest BCUT2D eigenvalue weighted by atomic mass is 9.95. The molecular weight excluding hydrogens is 506 g/mol. The van der Waals surface area contributed by atoms with Crippen LogP contribution in [0.2, 0.25) is 0 Å². The number of hydrazone groups is 1. The number of aryl methyl sites for hydroxylation is 1. The highest BCUT2D eigenvalue weighted by molar-refractivity contribution is 7.17. The lowest BCUT2D eigenvalue weighted by Gasteiger charge is -2.12. The maximum Gasteiger partial charge on any atom is 0.341 e. The molecule has 0 spiro atoms. The summed E-state index contributed by atoms with van der Waals surface area (Å²) in [4.78, 5) is 38.5. The number of carbonyl (C=O) groups is 3. The van der Waals surface area contributed by atoms with E-state index in [-0.39, 0.29) is 0 Å². The molecule has 1 heterocycles. The van der Waals surface area contributed by atoms with Crippen LogP contribution in [-0.4, -0.2) is 37.7 Å². The van der Waals surface area contributed by atoms with Gasteiger partial charge in [-0.25, -0.2) is 10.2 Å². The summed E-state index contributed by atoms with van der Waals surface area (Å²) < 4.78 is 16.3. The van der Waals surface area contributed by atoms with Gasteiger partial charge >= 0.3 is 17.8 Å². The van der Waals surface area contributed by atoms with Gasteiger partial charge in [0.1, 0.15) is 11.6 Å². The van der Waals surface area contributed by atoms with Crippen LogP contribution in [0.5, 0.6) is 11.5 Å². The molecule has 1 aromatic heterocycles. The second-order valence-corrected chi connectivity index (χ2v) is 9.74. The van der Waals surface area contributed by atoms with Crippen LogP contribution in [0.25, 0.3) is 0 Å². The first-order valence-corrected chi connectivity index (χ1v) is 13.0. The van der Waals surface area contributed by atoms with E-state index in [1.807, 2.05) is 30.3 Å². The van der Waals surface area contributed by atoms with Gasteiger partial charge in [-0.2, -0.15) is 5.10 Å². The monoisotopic (exact) mass is 535 g/mol. The maximum absolute atomic E-state index is 12.6. The smallest absolute Gasteiger partial charge is 0.341 e. The van der Waals surface area contributed by atoms with Gasteiger partial charge in [-0.1, -0.05) is 30.3 Å². The molecule has 4 rings (SSSR count). The first-order valence-electron chi connectivity index (χ1n) is 12.1. The Hall–Kier alpha value is -4.18. The normalized spacial score (nSPS) is 12.8. The quantitative estimate of drug-likeness (QED) is 0.190. The summed E-state index contributed by atoms with van der Waals surface area (Å²) in [7, 11) is 2.83. The number of amides is 2. The standard InChI is InChI=1S/C28H29N3O6S/c1-17(19-13-14-21(22(15-19)35-2)37-16-18-9-5-4-6-10-18)30-31-26(33)25(32)29-27-24(28(34)36-3)20-11-7-8-12-23(20)38-27/h4-6,9-10,13-15H,7-8,11-12,16H2,1-3H3,(H,29,32)(H,31,33). The zero-order valence-electron chi connectivity index (χ0n) is 21.5. The molecule has 2 aromatic carbocycles. The molecule has 10 heteroatoms. The average molecular weight is 536 g/mol. The molecule has 38 heavy (non-hydrogen) atoms. The van der Waals surface area contributed by atoms with Crippen molar-refractivity contribution in [1.29, 1.82) is 0 Å². The Morgan fingerprint density at radius 1 is 0.974 bits per heavy atom. The number of hydrogen-bond donors (Lipinski definition) is 2. The van der Waals surface area contributed by atoms with Crippen molar-refractivity contribution in [3.8, 4) is 11.5 Å². The molecule has 0 unspecified atom stereocenters. The number of nitrogens with one attached hydrogen (secondary N) is 2. The van der Waals surface area contributed by atoms with Crippen molar-refractivity contribution in [2.45, 2.75) is 39.2 Å². The third-order valence-electron chi connectivity index (χ3n) is 6.14. The average Bonchev–Trinajstić information content (AvgIpc) is 3.32. The first kappa shape index (κ1) is 26.9. The number of benzene rings is 2. The number of carbonyl (C=O) groups excluding carboxylic acids is 3. The second-order valence-electron chi connectivity index (χ2n) is 8.64. The molecule has 0 bridgehead atoms. The maximum atomic E-state index is 12.6. The summed E-state index contributed by atoms with van der Waals surface area (Å²) in [5, 5.41) is 6.95. The van der Waals surface area contributed by atoms with Crippen LogP contribution in [0.4, 0.5) is 5.00 Å². The Morgan fingerprint density at radius 3 is 2.47 bits per heavy atom. The number of anilines is 1. The summed E-state index contributed by atoms with van der Waals surface area (Å²) >= 11 is 1.31. The number of fused-ring (bicyclic) bond motifs is 1. The van der Waals surface area contributed by atoms with E-state index in [0.29, 0.717) is 39.9 Å². The van der Waals surface area contributed by atoms with E-state index in [0.717, 1.165) is 41.7 Å².